The van der Waals surface area contributed by atoms with Crippen LogP contribution in [0.3, 0.4) is 0 Å². The van der Waals surface area contributed by atoms with Crippen LogP contribution in [-0.4, -0.2) is 10.2 Å². The van der Waals surface area contributed by atoms with E-state index in [4.69, 9.17) is 0 Å². The van der Waals surface area contributed by atoms with Gasteiger partial charge in [-0.25, -0.2) is 0 Å². The highest BCUT2D eigenvalue weighted by Crippen LogP contribution is 2.45. The number of rotatable bonds is 7. The summed E-state index contributed by atoms with van der Waals surface area (Å²) in [6.45, 7) is 8.94. The summed E-state index contributed by atoms with van der Waals surface area (Å²) in [6, 6.07) is 3.82. The highest BCUT2D eigenvalue weighted by Gasteiger charge is 2.28. The molecule has 2 rings (SSSR count). The lowest BCUT2D eigenvalue weighted by Crippen LogP contribution is -2.18. The van der Waals surface area contributed by atoms with Crippen molar-refractivity contribution in [3.63, 3.8) is 0 Å². The minimum Gasteiger partial charge on any atom is -0.508 e. The molecule has 0 aliphatic heterocycles. The van der Waals surface area contributed by atoms with E-state index in [1.165, 1.54) is 38.5 Å². The van der Waals surface area contributed by atoms with Gasteiger partial charge in [-0.05, 0) is 54.2 Å². The standard InChI is InChI=1S/C22H36O2/c1-5-6-7-8-12-22(3,4)18-14-19(23)21(20(24)15-18)17-11-9-10-16(2)13-17/h14-17,23-24H,5-13H2,1-4H3/t16-,17?/m1/s1. The molecule has 0 spiro atoms. The molecule has 136 valence electrons. The third-order valence-electron chi connectivity index (χ3n) is 5.92. The maximum atomic E-state index is 10.6. The maximum Gasteiger partial charge on any atom is 0.123 e. The Balaban J connectivity index is 2.16. The van der Waals surface area contributed by atoms with E-state index in [9.17, 15) is 10.2 Å². The maximum absolute atomic E-state index is 10.6. The Bertz CT molecular complexity index is 510. The van der Waals surface area contributed by atoms with E-state index in [-0.39, 0.29) is 5.41 Å². The first-order chi connectivity index (χ1) is 11.3. The monoisotopic (exact) mass is 332 g/mol. The van der Waals surface area contributed by atoms with Gasteiger partial charge < -0.3 is 10.2 Å². The van der Waals surface area contributed by atoms with Crippen molar-refractivity contribution in [2.75, 3.05) is 0 Å². The molecule has 0 saturated heterocycles. The van der Waals surface area contributed by atoms with Crippen molar-refractivity contribution in [2.24, 2.45) is 5.92 Å². The number of phenolic OH excluding ortho intramolecular Hbond substituents is 2. The summed E-state index contributed by atoms with van der Waals surface area (Å²) in [4.78, 5) is 0. The van der Waals surface area contributed by atoms with Gasteiger partial charge in [0.15, 0.2) is 0 Å². The van der Waals surface area contributed by atoms with E-state index in [0.29, 0.717) is 23.3 Å². The third-order valence-corrected chi connectivity index (χ3v) is 5.92. The van der Waals surface area contributed by atoms with Gasteiger partial charge in [0.1, 0.15) is 11.5 Å². The summed E-state index contributed by atoms with van der Waals surface area (Å²) in [6.07, 6.45) is 10.7. The fourth-order valence-electron chi connectivity index (χ4n) is 4.27. The molecule has 24 heavy (non-hydrogen) atoms. The van der Waals surface area contributed by atoms with Crippen LogP contribution in [0, 0.1) is 5.92 Å². The summed E-state index contributed by atoms with van der Waals surface area (Å²) in [7, 11) is 0. The van der Waals surface area contributed by atoms with Gasteiger partial charge in [-0.15, -0.1) is 0 Å². The zero-order chi connectivity index (χ0) is 17.7. The molecule has 1 fully saturated rings. The van der Waals surface area contributed by atoms with Gasteiger partial charge >= 0.3 is 0 Å². The molecule has 1 unspecified atom stereocenters. The second kappa shape index (κ2) is 8.27. The summed E-state index contributed by atoms with van der Waals surface area (Å²) in [5.41, 5.74) is 1.83. The van der Waals surface area contributed by atoms with Gasteiger partial charge in [0, 0.05) is 5.56 Å². The normalized spacial score (nSPS) is 21.8. The van der Waals surface area contributed by atoms with Crippen LogP contribution in [0.4, 0.5) is 0 Å². The van der Waals surface area contributed by atoms with Crippen LogP contribution in [0.2, 0.25) is 0 Å². The molecule has 2 heteroatoms. The Kier molecular flexibility index (Phi) is 6.60. The predicted octanol–water partition coefficient (Wildman–Crippen LogP) is 6.64. The lowest BCUT2D eigenvalue weighted by atomic mass is 9.75. The average Bonchev–Trinajstić information content (AvgIpc) is 2.51. The van der Waals surface area contributed by atoms with Crippen LogP contribution in [0.25, 0.3) is 0 Å². The molecule has 1 aromatic carbocycles. The van der Waals surface area contributed by atoms with Crippen LogP contribution < -0.4 is 0 Å². The first-order valence-electron chi connectivity index (χ1n) is 9.91. The molecular formula is C22H36O2. The molecule has 1 saturated carbocycles. The molecule has 1 aromatic rings. The molecule has 0 bridgehead atoms. The van der Waals surface area contributed by atoms with Gasteiger partial charge in [0.05, 0.1) is 0 Å². The van der Waals surface area contributed by atoms with E-state index >= 15 is 0 Å². The number of hydrogen-bond donors (Lipinski definition) is 2. The third kappa shape index (κ3) is 4.68. The molecule has 1 aliphatic carbocycles. The lowest BCUT2D eigenvalue weighted by Gasteiger charge is -2.30. The van der Waals surface area contributed by atoms with E-state index in [0.717, 1.165) is 30.4 Å². The fourth-order valence-corrected chi connectivity index (χ4v) is 4.27. The van der Waals surface area contributed by atoms with Gasteiger partial charge in [-0.1, -0.05) is 66.2 Å². The first-order valence-corrected chi connectivity index (χ1v) is 9.91. The summed E-state index contributed by atoms with van der Waals surface area (Å²) < 4.78 is 0. The number of benzene rings is 1. The molecule has 0 heterocycles. The topological polar surface area (TPSA) is 40.5 Å². The van der Waals surface area contributed by atoms with E-state index in [2.05, 4.69) is 27.7 Å². The Labute approximate surface area is 148 Å². The fraction of sp³-hybridized carbons (Fsp3) is 0.727. The van der Waals surface area contributed by atoms with Crippen LogP contribution >= 0.6 is 0 Å². The molecule has 0 aromatic heterocycles. The zero-order valence-electron chi connectivity index (χ0n) is 16.1. The lowest BCUT2D eigenvalue weighted by molar-refractivity contribution is 0.326. The molecule has 0 amide bonds. The van der Waals surface area contributed by atoms with E-state index < -0.39 is 0 Å². The summed E-state index contributed by atoms with van der Waals surface area (Å²) >= 11 is 0. The second-order valence-corrected chi connectivity index (χ2v) is 8.59. The van der Waals surface area contributed by atoms with Gasteiger partial charge in [0.2, 0.25) is 0 Å². The number of aromatic hydroxyl groups is 2. The van der Waals surface area contributed by atoms with E-state index in [1.807, 2.05) is 12.1 Å². The molecule has 2 N–H and O–H groups in total. The van der Waals surface area contributed by atoms with Gasteiger partial charge in [-0.3, -0.25) is 0 Å². The SMILES string of the molecule is CCCCCCC(C)(C)c1cc(O)c(C2CCC[C@@H](C)C2)c(O)c1. The molecule has 0 radical (unpaired) electrons. The van der Waals surface area contributed by atoms with E-state index in [1.54, 1.807) is 0 Å². The van der Waals surface area contributed by atoms with Crippen molar-refractivity contribution in [2.45, 2.75) is 96.8 Å². The second-order valence-electron chi connectivity index (χ2n) is 8.59. The molecule has 2 atom stereocenters. The Morgan fingerprint density at radius 2 is 1.71 bits per heavy atom. The molecule has 1 aliphatic rings. The number of unbranched alkanes of at least 4 members (excludes halogenated alkanes) is 3. The van der Waals surface area contributed by atoms with Crippen molar-refractivity contribution in [3.8, 4) is 11.5 Å². The number of phenols is 2. The van der Waals surface area contributed by atoms with Crippen molar-refractivity contribution >= 4 is 0 Å². The summed E-state index contributed by atoms with van der Waals surface area (Å²) in [5, 5.41) is 21.2. The highest BCUT2D eigenvalue weighted by molar-refractivity contribution is 5.50. The van der Waals surface area contributed by atoms with Crippen LogP contribution in [0.15, 0.2) is 12.1 Å². The van der Waals surface area contributed by atoms with Crippen molar-refractivity contribution in [1.29, 1.82) is 0 Å². The van der Waals surface area contributed by atoms with Crippen LogP contribution in [0.5, 0.6) is 11.5 Å². The summed E-state index contributed by atoms with van der Waals surface area (Å²) in [5.74, 6) is 1.57. The Morgan fingerprint density at radius 3 is 2.29 bits per heavy atom. The Hall–Kier alpha value is -1.18. The smallest absolute Gasteiger partial charge is 0.123 e. The highest BCUT2D eigenvalue weighted by atomic mass is 16.3. The average molecular weight is 333 g/mol. The minimum absolute atomic E-state index is 0.0128. The largest absolute Gasteiger partial charge is 0.508 e. The van der Waals surface area contributed by atoms with Crippen LogP contribution in [0.1, 0.15) is 103 Å². The number of hydrogen-bond acceptors (Lipinski definition) is 2. The molecule has 2 nitrogen and oxygen atoms in total. The zero-order valence-corrected chi connectivity index (χ0v) is 16.1. The quantitative estimate of drug-likeness (QED) is 0.549. The first kappa shape index (κ1) is 19.1. The predicted molar refractivity (Wildman–Crippen MR) is 102 cm³/mol. The van der Waals surface area contributed by atoms with Gasteiger partial charge in [-0.2, -0.15) is 0 Å². The van der Waals surface area contributed by atoms with Crippen molar-refractivity contribution in [1.82, 2.24) is 0 Å². The minimum atomic E-state index is -0.0128. The van der Waals surface area contributed by atoms with Crippen molar-refractivity contribution < 1.29 is 10.2 Å². The molecular weight excluding hydrogens is 296 g/mol. The Morgan fingerprint density at radius 1 is 1.04 bits per heavy atom. The van der Waals surface area contributed by atoms with Crippen LogP contribution in [-0.2, 0) is 5.41 Å². The van der Waals surface area contributed by atoms with Gasteiger partial charge in [0.25, 0.3) is 0 Å². The van der Waals surface area contributed by atoms with Crippen molar-refractivity contribution in [3.05, 3.63) is 23.3 Å².